The van der Waals surface area contributed by atoms with Gasteiger partial charge in [-0.15, -0.1) is 0 Å². The predicted octanol–water partition coefficient (Wildman–Crippen LogP) is 6.83. The van der Waals surface area contributed by atoms with Gasteiger partial charge in [0.1, 0.15) is 0 Å². The van der Waals surface area contributed by atoms with Crippen LogP contribution < -0.4 is 7.16 Å². The van der Waals surface area contributed by atoms with Gasteiger partial charge < -0.3 is 5.48 Å². The number of benzene rings is 2. The minimum absolute atomic E-state index is 0. The fourth-order valence-corrected chi connectivity index (χ4v) is 52.5. The molecule has 2 rings (SSSR count). The largest absolute Gasteiger partial charge is 0.412 e. The molecule has 2 aromatic carbocycles. The maximum Gasteiger partial charge on any atom is -0.412 e. The van der Waals surface area contributed by atoms with E-state index in [1.807, 2.05) is 0 Å². The van der Waals surface area contributed by atoms with Crippen molar-refractivity contribution in [2.24, 2.45) is 0 Å². The van der Waals surface area contributed by atoms with E-state index in [0.29, 0.717) is 5.35 Å². The van der Waals surface area contributed by atoms with Gasteiger partial charge in [0, 0.05) is 0 Å². The van der Waals surface area contributed by atoms with Crippen molar-refractivity contribution < 1.29 is 5.48 Å². The Kier molecular flexibility index (Phi) is 12.0. The third-order valence-electron chi connectivity index (χ3n) is 8.26. The minimum atomic E-state index is -1.38. The Bertz CT molecular complexity index is 803. The molecule has 194 valence electrons. The molecule has 0 aliphatic carbocycles. The summed E-state index contributed by atoms with van der Waals surface area (Å²) in [6, 6.07) is 23.5. The van der Waals surface area contributed by atoms with Gasteiger partial charge in [-0.3, -0.25) is 0 Å². The second kappa shape index (κ2) is 12.4. The van der Waals surface area contributed by atoms with Crippen LogP contribution in [0, 0.1) is 0 Å². The van der Waals surface area contributed by atoms with E-state index in [2.05, 4.69) is 139 Å². The Morgan fingerprint density at radius 1 is 0.457 bits per heavy atom. The van der Waals surface area contributed by atoms with Gasteiger partial charge in [-0.25, -0.2) is 0 Å². The van der Waals surface area contributed by atoms with E-state index < -0.39 is 74.6 Å². The van der Waals surface area contributed by atoms with Crippen LogP contribution in [0.2, 0.25) is 83.9 Å². The molecule has 0 aliphatic rings. The second-order valence-electron chi connectivity index (χ2n) is 14.3. The molecule has 0 spiro atoms. The summed E-state index contributed by atoms with van der Waals surface area (Å²) in [7, 11) is -5.51. The van der Waals surface area contributed by atoms with Crippen LogP contribution in [-0.4, -0.2) is 80.1 Å². The smallest absolute Gasteiger partial charge is 0.412 e. The molecule has 0 bridgehead atoms. The summed E-state index contributed by atoms with van der Waals surface area (Å²) in [6.07, 6.45) is 3.06. The predicted molar refractivity (Wildman–Crippen MR) is 175 cm³/mol. The average Bonchev–Trinajstić information content (AvgIpc) is 2.68. The summed E-state index contributed by atoms with van der Waals surface area (Å²) in [5.74, 6) is 0. The first-order valence-corrected chi connectivity index (χ1v) is 32.7. The van der Waals surface area contributed by atoms with Gasteiger partial charge in [0.15, 0.2) is 0 Å². The molecule has 0 heterocycles. The van der Waals surface area contributed by atoms with Gasteiger partial charge in [0.25, 0.3) is 0 Å². The summed E-state index contributed by atoms with van der Waals surface area (Å²) >= 11 is -1.48. The second-order valence-corrected chi connectivity index (χ2v) is 52.0. The molecule has 7 heteroatoms. The van der Waals surface area contributed by atoms with E-state index in [0.717, 1.165) is 0 Å². The van der Waals surface area contributed by atoms with E-state index in [-0.39, 0.29) is 5.48 Å². The number of hydrogen-bond acceptors (Lipinski definition) is 0. The van der Waals surface area contributed by atoms with Crippen LogP contribution in [0.15, 0.2) is 60.7 Å². The molecule has 0 fully saturated rings. The molecule has 0 saturated carbocycles. The summed E-state index contributed by atoms with van der Waals surface area (Å²) in [4.78, 5) is 0. The molecule has 35 heavy (non-hydrogen) atoms. The van der Waals surface area contributed by atoms with E-state index in [1.54, 1.807) is 7.16 Å². The normalized spacial score (nSPS) is 13.9. The first kappa shape index (κ1) is 33.9. The molecule has 0 atom stereocenters. The maximum absolute atomic E-state index is 2.73. The minimum Gasteiger partial charge on any atom is -0.412 e. The molecule has 0 amide bonds. The number of hydrogen-bond donors (Lipinski definition) is 0. The van der Waals surface area contributed by atoms with Crippen molar-refractivity contribution in [2.45, 2.75) is 96.8 Å². The monoisotopic (exact) mass is 756 g/mol. The Hall–Kier alpha value is 0.865. The van der Waals surface area contributed by atoms with Crippen LogP contribution in [0.5, 0.6) is 0 Å². The third kappa shape index (κ3) is 7.71. The maximum atomic E-state index is 2.73. The summed E-state index contributed by atoms with van der Waals surface area (Å²) < 4.78 is 4.85. The van der Waals surface area contributed by atoms with Gasteiger partial charge >= 0.3 is 239 Å². The molecule has 1 nitrogen and oxygen atoms in total. The Labute approximate surface area is 242 Å². The molecule has 2 aromatic rings. The summed E-state index contributed by atoms with van der Waals surface area (Å²) in [6.45, 7) is 32.8. The van der Waals surface area contributed by atoms with Crippen LogP contribution in [0.1, 0.15) is 12.8 Å². The van der Waals surface area contributed by atoms with E-state index in [1.165, 1.54) is 12.8 Å². The van der Waals surface area contributed by atoms with Gasteiger partial charge in [-0.05, 0) is 0 Å². The molecule has 4 radical (unpaired) electrons. The van der Waals surface area contributed by atoms with Gasteiger partial charge in [0.05, 0.1) is 0 Å². The van der Waals surface area contributed by atoms with Gasteiger partial charge in [-0.2, -0.15) is 0 Å². The molecule has 0 unspecified atom stereocenters. The standard InChI is InChI=1S/C16H40Si4.2C6H5.H2O.2Sn/c1-17(2,3)15(18(4,5)6)13-14-16(19(7,8)9)20(10,11)12;2*1-2-4-6-5-3-1;;;/h13-14H2,1-12H3;2*1-5H;1H2;;. The number of rotatable bonds is 11. The van der Waals surface area contributed by atoms with Crippen molar-refractivity contribution in [3.8, 4) is 0 Å². The quantitative estimate of drug-likeness (QED) is 0.226. The topological polar surface area (TPSA) is 31.5 Å². The van der Waals surface area contributed by atoms with E-state index in [4.69, 9.17) is 0 Å². The van der Waals surface area contributed by atoms with Crippen molar-refractivity contribution in [1.82, 2.24) is 0 Å². The summed E-state index contributed by atoms with van der Waals surface area (Å²) in [5.41, 5.74) is 0. The SMILES string of the molecule is C[Si](C)(C)[C](CC[C]([Sn][c]1ccccc1)([Si](C)(C)C)[Si](C)(C)C)([Sn][c]1ccccc1)[Si](C)(C)C.O. The zero-order valence-corrected chi connectivity index (χ0v) is 34.4. The fraction of sp³-hybridized carbons (Fsp3) is 0.571. The first-order valence-electron chi connectivity index (χ1n) is 13.0. The molecule has 0 aliphatic heterocycles. The van der Waals surface area contributed by atoms with Crippen molar-refractivity contribution in [2.75, 3.05) is 0 Å². The summed E-state index contributed by atoms with van der Waals surface area (Å²) in [5, 5.41) is 0. The van der Waals surface area contributed by atoms with Crippen molar-refractivity contribution in [3.63, 3.8) is 0 Å². The van der Waals surface area contributed by atoms with Crippen LogP contribution >= 0.6 is 0 Å². The van der Waals surface area contributed by atoms with Crippen LogP contribution in [0.3, 0.4) is 0 Å². The zero-order chi connectivity index (χ0) is 26.1. The average molecular weight is 754 g/mol. The van der Waals surface area contributed by atoms with Gasteiger partial charge in [-0.1, -0.05) is 0 Å². The van der Waals surface area contributed by atoms with Crippen LogP contribution in [-0.2, 0) is 0 Å². The first-order chi connectivity index (χ1) is 15.4. The van der Waals surface area contributed by atoms with Gasteiger partial charge in [0.2, 0.25) is 0 Å². The Balaban J connectivity index is 0.00000612. The Morgan fingerprint density at radius 2 is 0.686 bits per heavy atom. The van der Waals surface area contributed by atoms with Crippen LogP contribution in [0.25, 0.3) is 0 Å². The fourth-order valence-electron chi connectivity index (χ4n) is 6.54. The molecular weight excluding hydrogens is 702 g/mol. The third-order valence-corrected chi connectivity index (χ3v) is 65.0. The van der Waals surface area contributed by atoms with Crippen LogP contribution in [0.4, 0.5) is 0 Å². The zero-order valence-electron chi connectivity index (χ0n) is 24.7. The molecule has 0 saturated heterocycles. The Morgan fingerprint density at radius 3 is 0.886 bits per heavy atom. The van der Waals surface area contributed by atoms with Crippen molar-refractivity contribution in [1.29, 1.82) is 0 Å². The molecule has 2 N–H and O–H groups in total. The van der Waals surface area contributed by atoms with E-state index >= 15 is 0 Å². The van der Waals surface area contributed by atoms with Crippen molar-refractivity contribution in [3.05, 3.63) is 60.7 Å². The molecular formula is C28H52OSi4Sn2. The molecule has 0 aromatic heterocycles. The van der Waals surface area contributed by atoms with E-state index in [9.17, 15) is 0 Å². The van der Waals surface area contributed by atoms with Crippen molar-refractivity contribution >= 4 is 81.7 Å².